The van der Waals surface area contributed by atoms with E-state index in [4.69, 9.17) is 4.74 Å². The monoisotopic (exact) mass is 381 g/mol. The second-order valence-electron chi connectivity index (χ2n) is 6.70. The number of fused-ring (bicyclic) bond motifs is 1. The molecule has 0 atom stereocenters. The Morgan fingerprint density at radius 3 is 2.86 bits per heavy atom. The highest BCUT2D eigenvalue weighted by atomic mass is 16.6. The summed E-state index contributed by atoms with van der Waals surface area (Å²) >= 11 is 0. The van der Waals surface area contributed by atoms with Gasteiger partial charge in [0.1, 0.15) is 5.52 Å². The number of hydrogen-bond acceptors (Lipinski definition) is 7. The Labute approximate surface area is 162 Å². The number of piperidine rings is 1. The van der Waals surface area contributed by atoms with E-state index in [9.17, 15) is 4.79 Å². The predicted octanol–water partition coefficient (Wildman–Crippen LogP) is 2.30. The van der Waals surface area contributed by atoms with Crippen LogP contribution in [0, 0.1) is 0 Å². The molecule has 0 aromatic carbocycles. The van der Waals surface area contributed by atoms with Crippen LogP contribution in [0.1, 0.15) is 25.5 Å². The van der Waals surface area contributed by atoms with E-state index in [1.807, 2.05) is 29.7 Å². The van der Waals surface area contributed by atoms with E-state index < -0.39 is 0 Å². The van der Waals surface area contributed by atoms with E-state index in [1.165, 1.54) is 0 Å². The number of amides is 1. The van der Waals surface area contributed by atoms with Crippen molar-refractivity contribution in [1.82, 2.24) is 29.4 Å². The van der Waals surface area contributed by atoms with Crippen LogP contribution in [0.3, 0.4) is 0 Å². The Morgan fingerprint density at radius 1 is 1.25 bits per heavy atom. The van der Waals surface area contributed by atoms with Crippen LogP contribution >= 0.6 is 0 Å². The van der Waals surface area contributed by atoms with E-state index in [0.29, 0.717) is 32.2 Å². The summed E-state index contributed by atoms with van der Waals surface area (Å²) in [4.78, 5) is 31.3. The molecule has 4 heterocycles. The maximum Gasteiger partial charge on any atom is 0.409 e. The number of nitrogens with one attached hydrogen (secondary N) is 1. The zero-order chi connectivity index (χ0) is 19.3. The van der Waals surface area contributed by atoms with E-state index in [2.05, 4.69) is 25.3 Å². The topological polar surface area (TPSA) is 98.1 Å². The first-order valence-corrected chi connectivity index (χ1v) is 9.49. The number of nitrogens with zero attached hydrogens (tertiary/aromatic N) is 6. The highest BCUT2D eigenvalue weighted by molar-refractivity contribution is 5.71. The molecular weight excluding hydrogens is 358 g/mol. The fourth-order valence-corrected chi connectivity index (χ4v) is 3.31. The van der Waals surface area contributed by atoms with Gasteiger partial charge in [0.05, 0.1) is 31.4 Å². The fraction of sp³-hybridized carbons (Fsp3) is 0.421. The van der Waals surface area contributed by atoms with Gasteiger partial charge < -0.3 is 19.5 Å². The number of likely N-dealkylation sites (tertiary alicyclic amines) is 1. The van der Waals surface area contributed by atoms with Crippen LogP contribution in [0.5, 0.6) is 0 Å². The lowest BCUT2D eigenvalue weighted by Gasteiger charge is -2.31. The summed E-state index contributed by atoms with van der Waals surface area (Å²) in [6, 6.07) is 6.05. The van der Waals surface area contributed by atoms with E-state index in [-0.39, 0.29) is 12.1 Å². The van der Waals surface area contributed by atoms with Crippen molar-refractivity contribution >= 4 is 23.2 Å². The van der Waals surface area contributed by atoms with Gasteiger partial charge in [-0.3, -0.25) is 4.98 Å². The molecule has 1 aliphatic heterocycles. The average molecular weight is 381 g/mol. The Balaban J connectivity index is 1.42. The largest absolute Gasteiger partial charge is 0.450 e. The first-order valence-electron chi connectivity index (χ1n) is 9.49. The van der Waals surface area contributed by atoms with Gasteiger partial charge in [0.25, 0.3) is 0 Å². The van der Waals surface area contributed by atoms with Gasteiger partial charge in [-0.05, 0) is 31.9 Å². The highest BCUT2D eigenvalue weighted by Crippen LogP contribution is 2.17. The molecule has 146 valence electrons. The van der Waals surface area contributed by atoms with Gasteiger partial charge in [0, 0.05) is 25.3 Å². The number of hydrogen-bond donors (Lipinski definition) is 1. The van der Waals surface area contributed by atoms with Gasteiger partial charge >= 0.3 is 6.09 Å². The van der Waals surface area contributed by atoms with Crippen molar-refractivity contribution in [2.24, 2.45) is 0 Å². The first-order chi connectivity index (χ1) is 13.7. The molecule has 4 rings (SSSR count). The first kappa shape index (κ1) is 18.1. The molecule has 0 spiro atoms. The number of imidazole rings is 1. The lowest BCUT2D eigenvalue weighted by molar-refractivity contribution is 0.0983. The van der Waals surface area contributed by atoms with Gasteiger partial charge in [-0.25, -0.2) is 14.8 Å². The number of rotatable bonds is 5. The Morgan fingerprint density at radius 2 is 2.11 bits per heavy atom. The molecule has 3 aromatic heterocycles. The number of carbonyl (C=O) groups excluding carboxylic acids is 1. The molecule has 28 heavy (non-hydrogen) atoms. The van der Waals surface area contributed by atoms with Gasteiger partial charge in [-0.1, -0.05) is 6.07 Å². The van der Waals surface area contributed by atoms with Crippen LogP contribution in [0.15, 0.2) is 36.9 Å². The Bertz CT molecular complexity index is 936. The van der Waals surface area contributed by atoms with Crippen molar-refractivity contribution in [3.8, 4) is 0 Å². The van der Waals surface area contributed by atoms with Crippen LogP contribution in [0.4, 0.5) is 10.7 Å². The summed E-state index contributed by atoms with van der Waals surface area (Å²) in [6.45, 7) is 4.15. The molecule has 0 saturated carbocycles. The molecule has 0 aliphatic carbocycles. The van der Waals surface area contributed by atoms with E-state index >= 15 is 0 Å². The van der Waals surface area contributed by atoms with Crippen molar-refractivity contribution in [2.45, 2.75) is 32.4 Å². The standard InChI is InChI=1S/C19H23N7O2/c1-2-28-19(27)25-9-6-14(7-10-25)23-18-21-11-16-17(24-18)26(13-22-16)12-15-5-3-4-8-20-15/h3-5,8,11,13-14H,2,6-7,9-10,12H2,1H3,(H,21,23,24). The number of anilines is 1. The molecule has 0 unspecified atom stereocenters. The minimum Gasteiger partial charge on any atom is -0.450 e. The summed E-state index contributed by atoms with van der Waals surface area (Å²) in [6.07, 6.45) is 6.68. The van der Waals surface area contributed by atoms with Gasteiger partial charge in [-0.15, -0.1) is 0 Å². The smallest absolute Gasteiger partial charge is 0.409 e. The summed E-state index contributed by atoms with van der Waals surface area (Å²) in [5.74, 6) is 0.574. The minimum atomic E-state index is -0.239. The fourth-order valence-electron chi connectivity index (χ4n) is 3.31. The number of carbonyl (C=O) groups is 1. The Kier molecular flexibility index (Phi) is 5.31. The summed E-state index contributed by atoms with van der Waals surface area (Å²) in [5, 5.41) is 3.39. The van der Waals surface area contributed by atoms with Gasteiger partial charge in [0.15, 0.2) is 5.65 Å². The molecular formula is C19H23N7O2. The van der Waals surface area contributed by atoms with Crippen molar-refractivity contribution in [1.29, 1.82) is 0 Å². The van der Waals surface area contributed by atoms with Crippen LogP contribution in [-0.2, 0) is 11.3 Å². The zero-order valence-corrected chi connectivity index (χ0v) is 15.8. The van der Waals surface area contributed by atoms with Crippen LogP contribution in [0.25, 0.3) is 11.2 Å². The van der Waals surface area contributed by atoms with Crippen LogP contribution < -0.4 is 5.32 Å². The second kappa shape index (κ2) is 8.20. The van der Waals surface area contributed by atoms with Crippen LogP contribution in [-0.4, -0.2) is 61.2 Å². The van der Waals surface area contributed by atoms with Crippen molar-refractivity contribution in [2.75, 3.05) is 25.0 Å². The molecule has 1 aliphatic rings. The SMILES string of the molecule is CCOC(=O)N1CCC(Nc2ncc3ncn(Cc4ccccn4)c3n2)CC1. The van der Waals surface area contributed by atoms with Crippen molar-refractivity contribution < 1.29 is 9.53 Å². The van der Waals surface area contributed by atoms with E-state index in [0.717, 1.165) is 29.7 Å². The van der Waals surface area contributed by atoms with Crippen molar-refractivity contribution in [3.63, 3.8) is 0 Å². The zero-order valence-electron chi connectivity index (χ0n) is 15.8. The Hall–Kier alpha value is -3.23. The van der Waals surface area contributed by atoms with Gasteiger partial charge in [-0.2, -0.15) is 4.98 Å². The molecule has 1 saturated heterocycles. The minimum absolute atomic E-state index is 0.218. The highest BCUT2D eigenvalue weighted by Gasteiger charge is 2.24. The molecule has 0 bridgehead atoms. The maximum absolute atomic E-state index is 11.8. The molecule has 9 nitrogen and oxygen atoms in total. The quantitative estimate of drug-likeness (QED) is 0.724. The predicted molar refractivity (Wildman–Crippen MR) is 104 cm³/mol. The van der Waals surface area contributed by atoms with E-state index in [1.54, 1.807) is 23.6 Å². The average Bonchev–Trinajstić information content (AvgIpc) is 3.12. The van der Waals surface area contributed by atoms with Crippen LogP contribution in [0.2, 0.25) is 0 Å². The molecule has 1 amide bonds. The maximum atomic E-state index is 11.8. The third kappa shape index (κ3) is 4.03. The lowest BCUT2D eigenvalue weighted by Crippen LogP contribution is -2.42. The van der Waals surface area contributed by atoms with Gasteiger partial charge in [0.2, 0.25) is 5.95 Å². The number of aromatic nitrogens is 5. The molecule has 9 heteroatoms. The molecule has 0 radical (unpaired) electrons. The number of ether oxygens (including phenoxy) is 1. The third-order valence-corrected chi connectivity index (χ3v) is 4.77. The molecule has 3 aromatic rings. The normalized spacial score (nSPS) is 15.0. The second-order valence-corrected chi connectivity index (χ2v) is 6.70. The molecule has 1 N–H and O–H groups in total. The van der Waals surface area contributed by atoms with Crippen molar-refractivity contribution in [3.05, 3.63) is 42.6 Å². The molecule has 1 fully saturated rings. The third-order valence-electron chi connectivity index (χ3n) is 4.77. The summed E-state index contributed by atoms with van der Waals surface area (Å²) in [7, 11) is 0. The lowest BCUT2D eigenvalue weighted by atomic mass is 10.1. The summed E-state index contributed by atoms with van der Waals surface area (Å²) in [5.41, 5.74) is 2.46. The summed E-state index contributed by atoms with van der Waals surface area (Å²) < 4.78 is 7.03. The number of pyridine rings is 1.